The van der Waals surface area contributed by atoms with Crippen LogP contribution < -0.4 is 16.2 Å². The molecule has 0 fully saturated rings. The van der Waals surface area contributed by atoms with E-state index in [9.17, 15) is 10.2 Å². The van der Waals surface area contributed by atoms with E-state index in [1.54, 1.807) is 6.08 Å². The summed E-state index contributed by atoms with van der Waals surface area (Å²) in [5, 5.41) is 28.1. The van der Waals surface area contributed by atoms with Gasteiger partial charge in [-0.15, -0.1) is 0 Å². The lowest BCUT2D eigenvalue weighted by Gasteiger charge is -2.35. The number of benzene rings is 1. The number of hydrogen-bond donors (Lipinski definition) is 4. The van der Waals surface area contributed by atoms with Gasteiger partial charge in [0.1, 0.15) is 17.9 Å². The molecule has 1 aliphatic heterocycles. The summed E-state index contributed by atoms with van der Waals surface area (Å²) in [4.78, 5) is 0. The van der Waals surface area contributed by atoms with Crippen LogP contribution in [0.2, 0.25) is 0 Å². The van der Waals surface area contributed by atoms with Crippen LogP contribution >= 0.6 is 0 Å². The summed E-state index contributed by atoms with van der Waals surface area (Å²) >= 11 is 0. The normalized spacial score (nSPS) is 24.1. The number of fused-ring (bicyclic) bond motifs is 2. The first kappa shape index (κ1) is 12.2. The fraction of sp³-hybridized carbons (Fsp3) is 0.214. The third kappa shape index (κ3) is 1.64. The molecule has 0 aromatic heterocycles. The predicted octanol–water partition coefficient (Wildman–Crippen LogP) is 0.610. The van der Waals surface area contributed by atoms with Gasteiger partial charge in [0, 0.05) is 17.7 Å². The van der Waals surface area contributed by atoms with Gasteiger partial charge >= 0.3 is 0 Å². The highest BCUT2D eigenvalue weighted by molar-refractivity contribution is 5.54. The molecule has 2 aliphatic rings. The zero-order valence-electron chi connectivity index (χ0n) is 10.5. The van der Waals surface area contributed by atoms with E-state index in [2.05, 4.69) is 0 Å². The van der Waals surface area contributed by atoms with Crippen molar-refractivity contribution in [3.63, 3.8) is 0 Å². The summed E-state index contributed by atoms with van der Waals surface area (Å²) in [5.41, 5.74) is 13.5. The van der Waals surface area contributed by atoms with Crippen LogP contribution in [0.1, 0.15) is 5.56 Å². The van der Waals surface area contributed by atoms with Crippen LogP contribution in [0, 0.1) is 17.2 Å². The van der Waals surface area contributed by atoms with E-state index in [4.69, 9.17) is 21.5 Å². The Balaban J connectivity index is 2.07. The Morgan fingerprint density at radius 3 is 2.65 bits per heavy atom. The highest BCUT2D eigenvalue weighted by Gasteiger charge is 2.36. The monoisotopic (exact) mass is 271 g/mol. The average molecular weight is 271 g/mol. The summed E-state index contributed by atoms with van der Waals surface area (Å²) in [6.07, 6.45) is 1.80. The number of phenolic OH excluding ortho intramolecular Hbond substituents is 2. The van der Waals surface area contributed by atoms with Crippen molar-refractivity contribution in [1.82, 2.24) is 0 Å². The molecule has 0 bridgehead atoms. The van der Waals surface area contributed by atoms with Crippen LogP contribution in [0.25, 0.3) is 0 Å². The fourth-order valence-corrected chi connectivity index (χ4v) is 2.63. The van der Waals surface area contributed by atoms with Crippen molar-refractivity contribution in [2.45, 2.75) is 12.5 Å². The number of nitrogens with two attached hydrogens (primary N) is 2. The molecule has 3 rings (SSSR count). The minimum Gasteiger partial charge on any atom is -0.504 e. The van der Waals surface area contributed by atoms with Crippen molar-refractivity contribution >= 4 is 0 Å². The summed E-state index contributed by atoms with van der Waals surface area (Å²) in [6.45, 7) is 0. The lowest BCUT2D eigenvalue weighted by atomic mass is 9.82. The van der Waals surface area contributed by atoms with Gasteiger partial charge in [0.25, 0.3) is 0 Å². The zero-order chi connectivity index (χ0) is 14.4. The van der Waals surface area contributed by atoms with Crippen LogP contribution in [0.15, 0.2) is 35.2 Å². The molecule has 20 heavy (non-hydrogen) atoms. The minimum atomic E-state index is -0.372. The van der Waals surface area contributed by atoms with Crippen molar-refractivity contribution in [3.05, 3.63) is 40.7 Å². The molecular formula is C14H13N3O3. The van der Waals surface area contributed by atoms with Crippen molar-refractivity contribution in [2.75, 3.05) is 0 Å². The van der Waals surface area contributed by atoms with Crippen LogP contribution in [0.4, 0.5) is 0 Å². The molecular weight excluding hydrogens is 258 g/mol. The molecule has 0 radical (unpaired) electrons. The van der Waals surface area contributed by atoms with Crippen molar-refractivity contribution in [1.29, 1.82) is 5.26 Å². The molecule has 1 aromatic rings. The zero-order valence-corrected chi connectivity index (χ0v) is 10.5. The Hall–Kier alpha value is -2.81. The highest BCUT2D eigenvalue weighted by atomic mass is 16.5. The number of nitriles is 1. The van der Waals surface area contributed by atoms with E-state index in [0.717, 1.165) is 5.56 Å². The number of aromatic hydroxyl groups is 2. The third-order valence-corrected chi connectivity index (χ3v) is 3.69. The van der Waals surface area contributed by atoms with E-state index >= 15 is 0 Å². The Bertz CT molecular complexity index is 700. The quantitative estimate of drug-likeness (QED) is 0.512. The summed E-state index contributed by atoms with van der Waals surface area (Å²) in [5.74, 6) is -0.164. The van der Waals surface area contributed by atoms with Crippen LogP contribution in [0.5, 0.6) is 17.2 Å². The topological polar surface area (TPSA) is 126 Å². The minimum absolute atomic E-state index is 0.201. The molecule has 6 N–H and O–H groups in total. The Morgan fingerprint density at radius 2 is 1.95 bits per heavy atom. The van der Waals surface area contributed by atoms with Gasteiger partial charge in [0.15, 0.2) is 11.5 Å². The molecule has 1 aliphatic carbocycles. The molecule has 1 aromatic carbocycles. The molecule has 102 valence electrons. The first-order valence-electron chi connectivity index (χ1n) is 6.10. The van der Waals surface area contributed by atoms with Gasteiger partial charge in [-0.25, -0.2) is 0 Å². The van der Waals surface area contributed by atoms with Gasteiger partial charge in [-0.05, 0) is 24.1 Å². The standard InChI is InChI=1S/C14H13N3O3/c15-5-8-9(16)3-13-7(14(8)17)1-6-2-10(18)11(19)4-12(6)20-13/h2-4,7,13,18-19H,1,16-17H2. The lowest BCUT2D eigenvalue weighted by Crippen LogP contribution is -2.39. The molecule has 0 spiro atoms. The van der Waals surface area contributed by atoms with Crippen LogP contribution in [-0.2, 0) is 6.42 Å². The van der Waals surface area contributed by atoms with Gasteiger partial charge < -0.3 is 26.4 Å². The first-order valence-corrected chi connectivity index (χ1v) is 6.10. The Morgan fingerprint density at radius 1 is 1.25 bits per heavy atom. The molecule has 6 nitrogen and oxygen atoms in total. The Labute approximate surface area is 115 Å². The maximum atomic E-state index is 9.54. The van der Waals surface area contributed by atoms with Crippen molar-refractivity contribution in [3.8, 4) is 23.3 Å². The van der Waals surface area contributed by atoms with E-state index < -0.39 is 0 Å². The molecule has 6 heteroatoms. The maximum absolute atomic E-state index is 9.54. The molecule has 2 atom stereocenters. The summed E-state index contributed by atoms with van der Waals surface area (Å²) < 4.78 is 5.75. The molecule has 2 unspecified atom stereocenters. The van der Waals surface area contributed by atoms with E-state index in [1.165, 1.54) is 12.1 Å². The number of hydrogen-bond acceptors (Lipinski definition) is 6. The van der Waals surface area contributed by atoms with E-state index in [-0.39, 0.29) is 29.1 Å². The second-order valence-corrected chi connectivity index (χ2v) is 4.91. The van der Waals surface area contributed by atoms with Gasteiger partial charge in [0.05, 0.1) is 11.3 Å². The largest absolute Gasteiger partial charge is 0.504 e. The third-order valence-electron chi connectivity index (χ3n) is 3.69. The number of nitrogens with zero attached hydrogens (tertiary/aromatic N) is 1. The average Bonchev–Trinajstić information content (AvgIpc) is 2.39. The molecule has 0 saturated heterocycles. The summed E-state index contributed by atoms with van der Waals surface area (Å²) in [7, 11) is 0. The first-order chi connectivity index (χ1) is 9.51. The van der Waals surface area contributed by atoms with Crippen molar-refractivity contribution < 1.29 is 14.9 Å². The predicted molar refractivity (Wildman–Crippen MR) is 70.5 cm³/mol. The van der Waals surface area contributed by atoms with Gasteiger partial charge in [0.2, 0.25) is 0 Å². The second kappa shape index (κ2) is 4.10. The van der Waals surface area contributed by atoms with Crippen LogP contribution in [-0.4, -0.2) is 16.3 Å². The number of phenols is 2. The lowest BCUT2D eigenvalue weighted by molar-refractivity contribution is 0.168. The smallest absolute Gasteiger partial charge is 0.161 e. The van der Waals surface area contributed by atoms with Gasteiger partial charge in [-0.3, -0.25) is 0 Å². The maximum Gasteiger partial charge on any atom is 0.161 e. The number of rotatable bonds is 0. The van der Waals surface area contributed by atoms with Gasteiger partial charge in [-0.2, -0.15) is 5.26 Å². The van der Waals surface area contributed by atoms with Gasteiger partial charge in [-0.1, -0.05) is 0 Å². The molecule has 0 saturated carbocycles. The fourth-order valence-electron chi connectivity index (χ4n) is 2.63. The number of allylic oxidation sites excluding steroid dienone is 1. The van der Waals surface area contributed by atoms with Crippen molar-refractivity contribution in [2.24, 2.45) is 17.4 Å². The summed E-state index contributed by atoms with van der Waals surface area (Å²) in [6, 6.07) is 4.81. The highest BCUT2D eigenvalue weighted by Crippen LogP contribution is 2.41. The molecule has 1 heterocycles. The number of ether oxygens (including phenoxy) is 1. The van der Waals surface area contributed by atoms with E-state index in [1.807, 2.05) is 6.07 Å². The SMILES string of the molecule is N#CC1=C(N)C2Cc3cc(O)c(O)cc3OC2C=C1N. The Kier molecular flexibility index (Phi) is 2.51. The van der Waals surface area contributed by atoms with Crippen LogP contribution in [0.3, 0.4) is 0 Å². The molecule has 0 amide bonds. The second-order valence-electron chi connectivity index (χ2n) is 4.91. The van der Waals surface area contributed by atoms with E-state index in [0.29, 0.717) is 23.6 Å².